The maximum atomic E-state index is 14.5. The lowest BCUT2D eigenvalue weighted by molar-refractivity contribution is -0.137. The van der Waals surface area contributed by atoms with Crippen molar-refractivity contribution in [1.29, 1.82) is 0 Å². The summed E-state index contributed by atoms with van der Waals surface area (Å²) < 4.78 is 24.2. The quantitative estimate of drug-likeness (QED) is 0.265. The fourth-order valence-electron chi connectivity index (χ4n) is 2.63. The van der Waals surface area contributed by atoms with Crippen LogP contribution >= 0.6 is 0 Å². The summed E-state index contributed by atoms with van der Waals surface area (Å²) >= 11 is 0. The van der Waals surface area contributed by atoms with E-state index in [1.165, 1.54) is 31.4 Å². The van der Waals surface area contributed by atoms with Crippen LogP contribution in [0.25, 0.3) is 0 Å². The molecule has 0 fully saturated rings. The van der Waals surface area contributed by atoms with Gasteiger partial charge in [-0.3, -0.25) is 14.6 Å². The molecule has 8 heteroatoms. The van der Waals surface area contributed by atoms with E-state index in [9.17, 15) is 18.8 Å². The first-order valence-electron chi connectivity index (χ1n) is 8.42. The molecule has 0 saturated heterocycles. The summed E-state index contributed by atoms with van der Waals surface area (Å²) in [7, 11) is 1.19. The number of hydrogen-bond donors (Lipinski definition) is 1. The van der Waals surface area contributed by atoms with Crippen molar-refractivity contribution >= 4 is 24.6 Å². The Kier molecular flexibility index (Phi) is 6.12. The molecule has 2 rings (SSSR count). The standard InChI is InChI=1S/C20H21FN2O5/c1-6-12(9-15(22-4)18(25)27-5)23-17(24)8-11-7-16-13(10-14(11)21)20(2,3)19(26)28-16/h6-7,9-10H,4,8H2,1-3,5H3,(H,23,24)/b12-6+,15-9-. The van der Waals surface area contributed by atoms with Gasteiger partial charge in [0.1, 0.15) is 17.3 Å². The third-order valence-electron chi connectivity index (χ3n) is 4.34. The van der Waals surface area contributed by atoms with E-state index in [2.05, 4.69) is 21.8 Å². The van der Waals surface area contributed by atoms with Gasteiger partial charge in [-0.15, -0.1) is 0 Å². The fourth-order valence-corrected chi connectivity index (χ4v) is 2.63. The van der Waals surface area contributed by atoms with Gasteiger partial charge in [-0.1, -0.05) is 6.08 Å². The molecule has 7 nitrogen and oxygen atoms in total. The van der Waals surface area contributed by atoms with Gasteiger partial charge in [0, 0.05) is 16.8 Å². The summed E-state index contributed by atoms with van der Waals surface area (Å²) in [6, 6.07) is 2.57. The van der Waals surface area contributed by atoms with Gasteiger partial charge in [0.25, 0.3) is 0 Å². The molecule has 1 heterocycles. The first-order valence-corrected chi connectivity index (χ1v) is 8.42. The van der Waals surface area contributed by atoms with Gasteiger partial charge in [-0.05, 0) is 45.7 Å². The molecule has 0 unspecified atom stereocenters. The number of nitrogens with one attached hydrogen (secondary N) is 1. The van der Waals surface area contributed by atoms with Crippen molar-refractivity contribution in [3.63, 3.8) is 0 Å². The summed E-state index contributed by atoms with van der Waals surface area (Å²) in [5, 5.41) is 2.55. The molecule has 0 bridgehead atoms. The van der Waals surface area contributed by atoms with Crippen LogP contribution in [0.4, 0.5) is 4.39 Å². The third kappa shape index (κ3) is 4.16. The van der Waals surface area contributed by atoms with E-state index in [4.69, 9.17) is 4.74 Å². The lowest BCUT2D eigenvalue weighted by Gasteiger charge is -2.13. The first-order chi connectivity index (χ1) is 13.1. The van der Waals surface area contributed by atoms with Crippen molar-refractivity contribution in [2.75, 3.05) is 7.11 Å². The Hall–Kier alpha value is -3.29. The normalized spacial score (nSPS) is 15.5. The van der Waals surface area contributed by atoms with Gasteiger partial charge >= 0.3 is 11.9 Å². The van der Waals surface area contributed by atoms with E-state index in [1.807, 2.05) is 0 Å². The molecule has 1 aliphatic heterocycles. The molecular formula is C20H21FN2O5. The lowest BCUT2D eigenvalue weighted by atomic mass is 9.85. The number of amides is 1. The van der Waals surface area contributed by atoms with Gasteiger partial charge in [0.05, 0.1) is 18.9 Å². The van der Waals surface area contributed by atoms with Gasteiger partial charge in [0.2, 0.25) is 5.91 Å². The second kappa shape index (κ2) is 8.16. The van der Waals surface area contributed by atoms with Crippen LogP contribution in [0.5, 0.6) is 5.75 Å². The Morgan fingerprint density at radius 3 is 2.64 bits per heavy atom. The molecule has 0 aromatic heterocycles. The SMILES string of the molecule is C=N/C(=C\C(=C/C)NC(=O)Cc1cc2c(cc1F)C(C)(C)C(=O)O2)C(=O)OC. The van der Waals surface area contributed by atoms with Gasteiger partial charge < -0.3 is 14.8 Å². The molecule has 148 valence electrons. The summed E-state index contributed by atoms with van der Waals surface area (Å²) in [6.45, 7) is 8.20. The average Bonchev–Trinajstić information content (AvgIpc) is 2.87. The van der Waals surface area contributed by atoms with E-state index < -0.39 is 29.1 Å². The zero-order valence-corrected chi connectivity index (χ0v) is 16.1. The third-order valence-corrected chi connectivity index (χ3v) is 4.34. The molecule has 0 spiro atoms. The summed E-state index contributed by atoms with van der Waals surface area (Å²) in [4.78, 5) is 39.3. The van der Waals surface area contributed by atoms with Crippen LogP contribution in [0, 0.1) is 5.82 Å². The highest BCUT2D eigenvalue weighted by Gasteiger charge is 2.41. The number of aliphatic imine (C=N–C) groups is 1. The highest BCUT2D eigenvalue weighted by atomic mass is 19.1. The van der Waals surface area contributed by atoms with Crippen LogP contribution in [0.1, 0.15) is 31.9 Å². The molecular weight excluding hydrogens is 367 g/mol. The number of rotatable bonds is 6. The molecule has 1 amide bonds. The van der Waals surface area contributed by atoms with E-state index in [0.29, 0.717) is 5.56 Å². The van der Waals surface area contributed by atoms with Crippen molar-refractivity contribution in [3.8, 4) is 5.75 Å². The Morgan fingerprint density at radius 1 is 1.39 bits per heavy atom. The molecule has 0 radical (unpaired) electrons. The van der Waals surface area contributed by atoms with Gasteiger partial charge in [-0.2, -0.15) is 0 Å². The van der Waals surface area contributed by atoms with Crippen LogP contribution in [0.2, 0.25) is 0 Å². The van der Waals surface area contributed by atoms with E-state index in [1.54, 1.807) is 20.8 Å². The minimum absolute atomic E-state index is 0.0798. The number of nitrogens with zero attached hydrogens (tertiary/aromatic N) is 1. The topological polar surface area (TPSA) is 94.1 Å². The van der Waals surface area contributed by atoms with E-state index in [-0.39, 0.29) is 29.1 Å². The van der Waals surface area contributed by atoms with E-state index >= 15 is 0 Å². The molecule has 0 atom stereocenters. The monoisotopic (exact) mass is 388 g/mol. The minimum atomic E-state index is -0.943. The number of carbonyl (C=O) groups excluding carboxylic acids is 3. The predicted octanol–water partition coefficient (Wildman–Crippen LogP) is 2.34. The fraction of sp³-hybridized carbons (Fsp3) is 0.300. The number of hydrogen-bond acceptors (Lipinski definition) is 6. The Labute approximate surface area is 161 Å². The largest absolute Gasteiger partial charge is 0.464 e. The van der Waals surface area contributed by atoms with Gasteiger partial charge in [-0.25, -0.2) is 9.18 Å². The predicted molar refractivity (Wildman–Crippen MR) is 100 cm³/mol. The molecule has 1 aromatic carbocycles. The van der Waals surface area contributed by atoms with Crippen LogP contribution in [0.3, 0.4) is 0 Å². The maximum absolute atomic E-state index is 14.5. The number of halogens is 1. The zero-order valence-electron chi connectivity index (χ0n) is 16.1. The van der Waals surface area contributed by atoms with Crippen LogP contribution in [-0.2, 0) is 31.0 Å². The van der Waals surface area contributed by atoms with Gasteiger partial charge in [0.15, 0.2) is 0 Å². The number of ether oxygens (including phenoxy) is 2. The van der Waals surface area contributed by atoms with Crippen molar-refractivity contribution in [1.82, 2.24) is 5.32 Å². The highest BCUT2D eigenvalue weighted by Crippen LogP contribution is 2.40. The second-order valence-electron chi connectivity index (χ2n) is 6.60. The molecule has 0 aliphatic carbocycles. The number of benzene rings is 1. The summed E-state index contributed by atoms with van der Waals surface area (Å²) in [6.07, 6.45) is 2.53. The molecule has 1 aromatic rings. The smallest absolute Gasteiger partial charge is 0.356 e. The van der Waals surface area contributed by atoms with Crippen molar-refractivity contribution in [2.45, 2.75) is 32.6 Å². The van der Waals surface area contributed by atoms with Crippen LogP contribution in [0.15, 0.2) is 40.7 Å². The molecule has 28 heavy (non-hydrogen) atoms. The lowest BCUT2D eigenvalue weighted by Crippen LogP contribution is -2.26. The first kappa shape index (κ1) is 21.0. The number of esters is 2. The number of methoxy groups -OCH3 is 1. The molecule has 1 N–H and O–H groups in total. The summed E-state index contributed by atoms with van der Waals surface area (Å²) in [5.41, 5.74) is -0.241. The maximum Gasteiger partial charge on any atom is 0.356 e. The molecule has 0 saturated carbocycles. The number of carbonyl (C=O) groups is 3. The Bertz CT molecular complexity index is 915. The summed E-state index contributed by atoms with van der Waals surface area (Å²) in [5.74, 6) is -2.08. The Morgan fingerprint density at radius 2 is 2.07 bits per heavy atom. The zero-order chi connectivity index (χ0) is 21.1. The van der Waals surface area contributed by atoms with Crippen LogP contribution in [-0.4, -0.2) is 31.7 Å². The van der Waals surface area contributed by atoms with Crippen molar-refractivity contribution < 1.29 is 28.2 Å². The second-order valence-corrected chi connectivity index (χ2v) is 6.60. The average molecular weight is 388 g/mol. The van der Waals surface area contributed by atoms with E-state index in [0.717, 1.165) is 0 Å². The van der Waals surface area contributed by atoms with Crippen molar-refractivity contribution in [3.05, 3.63) is 52.6 Å². The Balaban J connectivity index is 2.19. The minimum Gasteiger partial charge on any atom is -0.464 e. The number of allylic oxidation sites excluding steroid dienone is 2. The van der Waals surface area contributed by atoms with Crippen LogP contribution < -0.4 is 10.1 Å². The highest BCUT2D eigenvalue weighted by molar-refractivity contribution is 5.91. The number of fused-ring (bicyclic) bond motifs is 1. The van der Waals surface area contributed by atoms with Crippen molar-refractivity contribution in [2.24, 2.45) is 4.99 Å². The molecule has 1 aliphatic rings.